The Morgan fingerprint density at radius 2 is 1.74 bits per heavy atom. The van der Waals surface area contributed by atoms with Crippen LogP contribution in [-0.4, -0.2) is 41.3 Å². The number of amidine groups is 1. The molecule has 0 radical (unpaired) electrons. The Balaban J connectivity index is 1.46. The van der Waals surface area contributed by atoms with Crippen LogP contribution in [0.25, 0.3) is 0 Å². The van der Waals surface area contributed by atoms with Crippen molar-refractivity contribution in [2.45, 2.75) is 19.4 Å². The van der Waals surface area contributed by atoms with Crippen LogP contribution in [0.3, 0.4) is 0 Å². The number of anilines is 2. The molecule has 38 heavy (non-hydrogen) atoms. The fourth-order valence-electron chi connectivity index (χ4n) is 4.57. The van der Waals surface area contributed by atoms with Crippen molar-refractivity contribution >= 4 is 51.7 Å². The molecule has 3 aromatic carbocycles. The molecule has 3 aromatic rings. The summed E-state index contributed by atoms with van der Waals surface area (Å²) in [6.45, 7) is 2.66. The SMILES string of the molecule is COc1ccc(NC(=O)C2=C(C)N=C3SCCCN3C2c2cccc(NC(=O)c3ccc(Cl)cc3)c2)cc1. The lowest BCUT2D eigenvalue weighted by molar-refractivity contribution is -0.113. The van der Waals surface area contributed by atoms with Crippen molar-refractivity contribution < 1.29 is 14.3 Å². The molecule has 2 aliphatic rings. The van der Waals surface area contributed by atoms with E-state index in [2.05, 4.69) is 15.5 Å². The molecule has 1 unspecified atom stereocenters. The summed E-state index contributed by atoms with van der Waals surface area (Å²) >= 11 is 7.66. The van der Waals surface area contributed by atoms with Crippen LogP contribution in [0.15, 0.2) is 89.1 Å². The van der Waals surface area contributed by atoms with Crippen molar-refractivity contribution in [2.24, 2.45) is 4.99 Å². The van der Waals surface area contributed by atoms with Gasteiger partial charge in [0.25, 0.3) is 11.8 Å². The van der Waals surface area contributed by atoms with Gasteiger partial charge in [0.1, 0.15) is 5.75 Å². The summed E-state index contributed by atoms with van der Waals surface area (Å²) in [4.78, 5) is 33.5. The minimum absolute atomic E-state index is 0.216. The second-order valence-corrected chi connectivity index (χ2v) is 10.5. The van der Waals surface area contributed by atoms with Gasteiger partial charge in [-0.3, -0.25) is 9.59 Å². The van der Waals surface area contributed by atoms with Gasteiger partial charge in [-0.2, -0.15) is 0 Å². The summed E-state index contributed by atoms with van der Waals surface area (Å²) < 4.78 is 5.23. The predicted molar refractivity (Wildman–Crippen MR) is 154 cm³/mol. The van der Waals surface area contributed by atoms with E-state index in [1.807, 2.05) is 43.3 Å². The number of rotatable bonds is 6. The highest BCUT2D eigenvalue weighted by atomic mass is 35.5. The number of aliphatic imine (C=N–C) groups is 1. The van der Waals surface area contributed by atoms with E-state index >= 15 is 0 Å². The second kappa shape index (κ2) is 11.3. The van der Waals surface area contributed by atoms with Crippen LogP contribution in [0.5, 0.6) is 5.75 Å². The molecule has 194 valence electrons. The molecule has 2 heterocycles. The zero-order valence-electron chi connectivity index (χ0n) is 21.0. The molecular formula is C29H27ClN4O3S. The average molecular weight is 547 g/mol. The van der Waals surface area contributed by atoms with Crippen molar-refractivity contribution in [3.8, 4) is 5.75 Å². The van der Waals surface area contributed by atoms with Crippen LogP contribution in [0.1, 0.15) is 35.3 Å². The lowest BCUT2D eigenvalue weighted by Crippen LogP contribution is -2.43. The van der Waals surface area contributed by atoms with Gasteiger partial charge in [-0.1, -0.05) is 35.5 Å². The van der Waals surface area contributed by atoms with E-state index in [9.17, 15) is 9.59 Å². The van der Waals surface area contributed by atoms with E-state index in [1.54, 1.807) is 55.3 Å². The standard InChI is InChI=1S/C29H27ClN4O3S/c1-18-25(28(36)32-22-11-13-24(37-2)14-12-22)26(34-15-4-16-38-29(34)31-18)20-5-3-6-23(17-20)33-27(35)19-7-9-21(30)10-8-19/h3,5-14,17,26H,4,15-16H2,1-2H3,(H,32,36)(H,33,35). The Kier molecular flexibility index (Phi) is 7.72. The number of methoxy groups -OCH3 is 1. The smallest absolute Gasteiger partial charge is 0.255 e. The molecule has 5 rings (SSSR count). The monoisotopic (exact) mass is 546 g/mol. The zero-order valence-corrected chi connectivity index (χ0v) is 22.6. The number of carbonyl (C=O) groups is 2. The average Bonchev–Trinajstić information content (AvgIpc) is 2.93. The van der Waals surface area contributed by atoms with Crippen LogP contribution < -0.4 is 15.4 Å². The highest BCUT2D eigenvalue weighted by Gasteiger charge is 2.37. The summed E-state index contributed by atoms with van der Waals surface area (Å²) in [7, 11) is 1.60. The molecule has 1 atom stereocenters. The molecule has 0 aromatic heterocycles. The molecule has 1 fully saturated rings. The van der Waals surface area contributed by atoms with Gasteiger partial charge in [0, 0.05) is 34.3 Å². The summed E-state index contributed by atoms with van der Waals surface area (Å²) in [6.07, 6.45) is 0.986. The second-order valence-electron chi connectivity index (χ2n) is 8.96. The van der Waals surface area contributed by atoms with Gasteiger partial charge >= 0.3 is 0 Å². The van der Waals surface area contributed by atoms with Gasteiger partial charge in [-0.05, 0) is 79.6 Å². The Labute approximate surface area is 230 Å². The first-order chi connectivity index (χ1) is 18.4. The predicted octanol–water partition coefficient (Wildman–Crippen LogP) is 6.36. The minimum atomic E-state index is -0.346. The largest absolute Gasteiger partial charge is 0.497 e. The third-order valence-corrected chi connectivity index (χ3v) is 7.75. The number of nitrogens with one attached hydrogen (secondary N) is 2. The summed E-state index contributed by atoms with van der Waals surface area (Å²) in [5, 5.41) is 7.48. The normalized spacial score (nSPS) is 16.9. The topological polar surface area (TPSA) is 83.0 Å². The molecule has 0 aliphatic carbocycles. The first-order valence-electron chi connectivity index (χ1n) is 12.2. The van der Waals surface area contributed by atoms with Gasteiger partial charge in [-0.25, -0.2) is 4.99 Å². The first-order valence-corrected chi connectivity index (χ1v) is 13.6. The fraction of sp³-hybridized carbons (Fsp3) is 0.207. The maximum Gasteiger partial charge on any atom is 0.255 e. The third kappa shape index (κ3) is 5.56. The molecular weight excluding hydrogens is 520 g/mol. The van der Waals surface area contributed by atoms with E-state index in [0.717, 1.165) is 29.4 Å². The number of hydrogen-bond acceptors (Lipinski definition) is 6. The summed E-state index contributed by atoms with van der Waals surface area (Å²) in [6, 6.07) is 21.3. The van der Waals surface area contributed by atoms with Crippen molar-refractivity contribution in [1.29, 1.82) is 0 Å². The van der Waals surface area contributed by atoms with Gasteiger partial charge in [0.2, 0.25) is 0 Å². The Morgan fingerprint density at radius 3 is 2.47 bits per heavy atom. The summed E-state index contributed by atoms with van der Waals surface area (Å²) in [5.74, 6) is 1.25. The molecule has 7 nitrogen and oxygen atoms in total. The van der Waals surface area contributed by atoms with Gasteiger partial charge < -0.3 is 20.3 Å². The minimum Gasteiger partial charge on any atom is -0.497 e. The number of nitrogens with zero attached hydrogens (tertiary/aromatic N) is 2. The van der Waals surface area contributed by atoms with Gasteiger partial charge in [-0.15, -0.1) is 0 Å². The van der Waals surface area contributed by atoms with Gasteiger partial charge in [0.05, 0.1) is 24.4 Å². The third-order valence-electron chi connectivity index (χ3n) is 6.42. The molecule has 2 amide bonds. The maximum absolute atomic E-state index is 13.7. The van der Waals surface area contributed by atoms with Crippen molar-refractivity contribution in [2.75, 3.05) is 30.0 Å². The molecule has 9 heteroatoms. The van der Waals surface area contributed by atoms with Crippen LogP contribution in [0.4, 0.5) is 11.4 Å². The number of hydrogen-bond donors (Lipinski definition) is 2. The van der Waals surface area contributed by atoms with Crippen LogP contribution in [0, 0.1) is 0 Å². The van der Waals surface area contributed by atoms with Crippen molar-refractivity contribution in [3.63, 3.8) is 0 Å². The van der Waals surface area contributed by atoms with Gasteiger partial charge in [0.15, 0.2) is 5.17 Å². The highest BCUT2D eigenvalue weighted by Crippen LogP contribution is 2.40. The van der Waals surface area contributed by atoms with Crippen LogP contribution >= 0.6 is 23.4 Å². The number of amides is 2. The lowest BCUT2D eigenvalue weighted by Gasteiger charge is -2.41. The number of thioether (sulfide) groups is 1. The number of ether oxygens (including phenoxy) is 1. The number of fused-ring (bicyclic) bond motifs is 1. The maximum atomic E-state index is 13.7. The van der Waals surface area contributed by atoms with Crippen molar-refractivity contribution in [3.05, 3.63) is 100 Å². The van der Waals surface area contributed by atoms with E-state index in [1.165, 1.54) is 0 Å². The molecule has 2 aliphatic heterocycles. The first kappa shape index (κ1) is 25.9. The Morgan fingerprint density at radius 1 is 1.00 bits per heavy atom. The summed E-state index contributed by atoms with van der Waals surface area (Å²) in [5.41, 5.74) is 3.97. The van der Waals surface area contributed by atoms with E-state index in [4.69, 9.17) is 21.3 Å². The van der Waals surface area contributed by atoms with E-state index in [0.29, 0.717) is 39.0 Å². The van der Waals surface area contributed by atoms with Crippen molar-refractivity contribution in [1.82, 2.24) is 4.90 Å². The molecule has 1 saturated heterocycles. The number of allylic oxidation sites excluding steroid dienone is 1. The zero-order chi connectivity index (χ0) is 26.6. The molecule has 0 bridgehead atoms. The molecule has 0 spiro atoms. The number of halogens is 1. The lowest BCUT2D eigenvalue weighted by atomic mass is 9.93. The Bertz CT molecular complexity index is 1420. The fourth-order valence-corrected chi connectivity index (χ4v) is 5.72. The molecule has 2 N–H and O–H groups in total. The number of benzene rings is 3. The van der Waals surface area contributed by atoms with Crippen LogP contribution in [0.2, 0.25) is 5.02 Å². The highest BCUT2D eigenvalue weighted by molar-refractivity contribution is 8.13. The van der Waals surface area contributed by atoms with E-state index in [-0.39, 0.29) is 17.9 Å². The quantitative estimate of drug-likeness (QED) is 0.376. The Hall–Kier alpha value is -3.75. The van der Waals surface area contributed by atoms with Crippen LogP contribution in [-0.2, 0) is 4.79 Å². The number of carbonyl (C=O) groups excluding carboxylic acids is 2. The molecule has 0 saturated carbocycles. The van der Waals surface area contributed by atoms with E-state index < -0.39 is 0 Å².